The van der Waals surface area contributed by atoms with E-state index in [1.54, 1.807) is 25.1 Å². The molecule has 0 aliphatic heterocycles. The van der Waals surface area contributed by atoms with Gasteiger partial charge >= 0.3 is 0 Å². The minimum atomic E-state index is -0.115. The number of carbonyl (C=O) groups is 1. The van der Waals surface area contributed by atoms with Gasteiger partial charge in [-0.3, -0.25) is 9.89 Å². The molecule has 1 atom stereocenters. The van der Waals surface area contributed by atoms with Crippen LogP contribution in [0.5, 0.6) is 5.75 Å². The molecule has 0 aliphatic carbocycles. The summed E-state index contributed by atoms with van der Waals surface area (Å²) >= 11 is 1.70. The van der Waals surface area contributed by atoms with Crippen LogP contribution >= 0.6 is 11.8 Å². The number of carbonyl (C=O) groups excluding carboxylic acids is 1. The van der Waals surface area contributed by atoms with E-state index in [0.717, 1.165) is 17.1 Å². The Morgan fingerprint density at radius 3 is 2.76 bits per heavy atom. The Labute approximate surface area is 128 Å². The second kappa shape index (κ2) is 7.17. The number of methoxy groups -OCH3 is 1. The minimum Gasteiger partial charge on any atom is -0.497 e. The molecule has 0 saturated heterocycles. The van der Waals surface area contributed by atoms with Crippen molar-refractivity contribution in [2.75, 3.05) is 19.1 Å². The molecule has 0 spiro atoms. The highest BCUT2D eigenvalue weighted by Gasteiger charge is 2.16. The molecular weight excluding hydrogens is 286 g/mol. The molecule has 1 aromatic carbocycles. The third kappa shape index (κ3) is 3.78. The Morgan fingerprint density at radius 2 is 2.14 bits per heavy atom. The van der Waals surface area contributed by atoms with Crippen molar-refractivity contribution >= 4 is 17.7 Å². The van der Waals surface area contributed by atoms with E-state index in [9.17, 15) is 4.79 Å². The van der Waals surface area contributed by atoms with Gasteiger partial charge in [-0.1, -0.05) is 0 Å². The summed E-state index contributed by atoms with van der Waals surface area (Å²) in [4.78, 5) is 12.3. The zero-order valence-corrected chi connectivity index (χ0v) is 13.2. The first-order valence-corrected chi connectivity index (χ1v) is 8.02. The second-order valence-corrected chi connectivity index (χ2v) is 5.63. The molecule has 0 fully saturated rings. The SMILES string of the molecule is COc1ccc(-c2[nH]ncc2C(=O)N[C@H](C)CSC)cc1. The Balaban J connectivity index is 2.19. The maximum atomic E-state index is 12.3. The fourth-order valence-corrected chi connectivity index (χ4v) is 2.61. The number of rotatable bonds is 6. The van der Waals surface area contributed by atoms with Crippen molar-refractivity contribution in [2.45, 2.75) is 13.0 Å². The number of nitrogens with zero attached hydrogens (tertiary/aromatic N) is 1. The number of hydrogen-bond donors (Lipinski definition) is 2. The van der Waals surface area contributed by atoms with Crippen LogP contribution in [0.1, 0.15) is 17.3 Å². The molecule has 6 heteroatoms. The van der Waals surface area contributed by atoms with E-state index in [2.05, 4.69) is 15.5 Å². The first kappa shape index (κ1) is 15.4. The van der Waals surface area contributed by atoms with Gasteiger partial charge < -0.3 is 10.1 Å². The lowest BCUT2D eigenvalue weighted by Gasteiger charge is -2.12. The summed E-state index contributed by atoms with van der Waals surface area (Å²) in [5.74, 6) is 1.54. The maximum Gasteiger partial charge on any atom is 0.255 e. The van der Waals surface area contributed by atoms with Gasteiger partial charge in [0.2, 0.25) is 0 Å². The maximum absolute atomic E-state index is 12.3. The molecule has 0 aliphatic rings. The summed E-state index contributed by atoms with van der Waals surface area (Å²) in [6.07, 6.45) is 3.57. The molecule has 2 N–H and O–H groups in total. The number of ether oxygens (including phenoxy) is 1. The monoisotopic (exact) mass is 305 g/mol. The van der Waals surface area contributed by atoms with E-state index in [1.165, 1.54) is 0 Å². The van der Waals surface area contributed by atoms with Crippen LogP contribution in [0.15, 0.2) is 30.5 Å². The lowest BCUT2D eigenvalue weighted by atomic mass is 10.1. The normalized spacial score (nSPS) is 12.0. The molecule has 112 valence electrons. The number of thioether (sulfide) groups is 1. The Bertz CT molecular complexity index is 595. The number of aromatic nitrogens is 2. The van der Waals surface area contributed by atoms with Gasteiger partial charge in [0.05, 0.1) is 24.6 Å². The highest BCUT2D eigenvalue weighted by Crippen LogP contribution is 2.23. The summed E-state index contributed by atoms with van der Waals surface area (Å²) in [7, 11) is 1.62. The van der Waals surface area contributed by atoms with Crippen LogP contribution in [0, 0.1) is 0 Å². The molecule has 0 unspecified atom stereocenters. The van der Waals surface area contributed by atoms with Crippen LogP contribution in [0.3, 0.4) is 0 Å². The summed E-state index contributed by atoms with van der Waals surface area (Å²) < 4.78 is 5.14. The summed E-state index contributed by atoms with van der Waals surface area (Å²) in [5.41, 5.74) is 2.16. The quantitative estimate of drug-likeness (QED) is 0.861. The number of nitrogens with one attached hydrogen (secondary N) is 2. The van der Waals surface area contributed by atoms with Gasteiger partial charge in [0.15, 0.2) is 0 Å². The summed E-state index contributed by atoms with van der Waals surface area (Å²) in [6, 6.07) is 7.62. The predicted molar refractivity (Wildman–Crippen MR) is 85.9 cm³/mol. The Morgan fingerprint density at radius 1 is 1.43 bits per heavy atom. The fourth-order valence-electron chi connectivity index (χ4n) is 2.03. The average molecular weight is 305 g/mol. The van der Waals surface area contributed by atoms with Crippen molar-refractivity contribution in [1.82, 2.24) is 15.5 Å². The van der Waals surface area contributed by atoms with Crippen LogP contribution in [-0.4, -0.2) is 41.3 Å². The van der Waals surface area contributed by atoms with Crippen LogP contribution in [0.2, 0.25) is 0 Å². The van der Waals surface area contributed by atoms with Crippen LogP contribution in [0.4, 0.5) is 0 Å². The topological polar surface area (TPSA) is 67.0 Å². The molecule has 21 heavy (non-hydrogen) atoms. The summed E-state index contributed by atoms with van der Waals surface area (Å²) in [6.45, 7) is 1.99. The zero-order chi connectivity index (χ0) is 15.2. The first-order valence-electron chi connectivity index (χ1n) is 6.63. The Kier molecular flexibility index (Phi) is 5.27. The van der Waals surface area contributed by atoms with E-state index in [4.69, 9.17) is 4.74 Å². The van der Waals surface area contributed by atoms with Gasteiger partial charge in [-0.25, -0.2) is 0 Å². The van der Waals surface area contributed by atoms with E-state index >= 15 is 0 Å². The van der Waals surface area contributed by atoms with E-state index < -0.39 is 0 Å². The van der Waals surface area contributed by atoms with Crippen molar-refractivity contribution in [3.8, 4) is 17.0 Å². The summed E-state index contributed by atoms with van der Waals surface area (Å²) in [5, 5.41) is 9.85. The van der Waals surface area contributed by atoms with Crippen molar-refractivity contribution in [2.24, 2.45) is 0 Å². The van der Waals surface area contributed by atoms with E-state index in [-0.39, 0.29) is 11.9 Å². The molecule has 1 amide bonds. The van der Waals surface area contributed by atoms with Gasteiger partial charge in [-0.2, -0.15) is 16.9 Å². The van der Waals surface area contributed by atoms with Crippen LogP contribution < -0.4 is 10.1 Å². The molecule has 2 rings (SSSR count). The van der Waals surface area contributed by atoms with Crippen molar-refractivity contribution in [3.63, 3.8) is 0 Å². The lowest BCUT2D eigenvalue weighted by Crippen LogP contribution is -2.34. The van der Waals surface area contributed by atoms with Gasteiger partial charge in [-0.15, -0.1) is 0 Å². The fraction of sp³-hybridized carbons (Fsp3) is 0.333. The number of amides is 1. The van der Waals surface area contributed by atoms with Gasteiger partial charge in [0.25, 0.3) is 5.91 Å². The van der Waals surface area contributed by atoms with E-state index in [0.29, 0.717) is 11.3 Å². The molecule has 1 aromatic heterocycles. The number of aromatic amines is 1. The van der Waals surface area contributed by atoms with Crippen molar-refractivity contribution in [1.29, 1.82) is 0 Å². The number of hydrogen-bond acceptors (Lipinski definition) is 4. The number of benzene rings is 1. The van der Waals surface area contributed by atoms with Gasteiger partial charge in [0.1, 0.15) is 5.75 Å². The van der Waals surface area contributed by atoms with Crippen molar-refractivity contribution < 1.29 is 9.53 Å². The Hall–Kier alpha value is -1.95. The number of H-pyrrole nitrogens is 1. The third-order valence-electron chi connectivity index (χ3n) is 3.06. The molecule has 1 heterocycles. The third-order valence-corrected chi connectivity index (χ3v) is 3.89. The molecule has 0 saturated carbocycles. The zero-order valence-electron chi connectivity index (χ0n) is 12.3. The van der Waals surface area contributed by atoms with Crippen LogP contribution in [-0.2, 0) is 0 Å². The first-order chi connectivity index (χ1) is 10.2. The molecular formula is C15H19N3O2S. The highest BCUT2D eigenvalue weighted by atomic mass is 32.2. The smallest absolute Gasteiger partial charge is 0.255 e. The molecule has 5 nitrogen and oxygen atoms in total. The predicted octanol–water partition coefficient (Wildman–Crippen LogP) is 2.57. The van der Waals surface area contributed by atoms with Gasteiger partial charge in [0, 0.05) is 17.4 Å². The van der Waals surface area contributed by atoms with E-state index in [1.807, 2.05) is 37.4 Å². The van der Waals surface area contributed by atoms with Gasteiger partial charge in [-0.05, 0) is 37.4 Å². The molecule has 0 bridgehead atoms. The largest absolute Gasteiger partial charge is 0.497 e. The minimum absolute atomic E-state index is 0.115. The van der Waals surface area contributed by atoms with Crippen molar-refractivity contribution in [3.05, 3.63) is 36.0 Å². The highest BCUT2D eigenvalue weighted by molar-refractivity contribution is 7.98. The molecule has 2 aromatic rings. The average Bonchev–Trinajstić information content (AvgIpc) is 2.97. The second-order valence-electron chi connectivity index (χ2n) is 4.72. The lowest BCUT2D eigenvalue weighted by molar-refractivity contribution is 0.0944. The molecule has 0 radical (unpaired) electrons. The standard InChI is InChI=1S/C15H19N3O2S/c1-10(9-21-3)17-15(19)13-8-16-18-14(13)11-4-6-12(20-2)7-5-11/h4-8,10H,9H2,1-3H3,(H,16,18)(H,17,19)/t10-/m1/s1. The van der Waals surface area contributed by atoms with Crippen LogP contribution in [0.25, 0.3) is 11.3 Å².